The summed E-state index contributed by atoms with van der Waals surface area (Å²) in [5, 5.41) is 9.61. The van der Waals surface area contributed by atoms with Crippen molar-refractivity contribution < 1.29 is 27.7 Å². The molecule has 0 unspecified atom stereocenters. The van der Waals surface area contributed by atoms with Crippen LogP contribution in [0.25, 0.3) is 10.1 Å². The third-order valence-corrected chi connectivity index (χ3v) is 7.47. The third kappa shape index (κ3) is 4.78. The summed E-state index contributed by atoms with van der Waals surface area (Å²) in [4.78, 5) is 11.0. The molecule has 26 heavy (non-hydrogen) atoms. The Morgan fingerprint density at radius 2 is 1.81 bits per heavy atom. The molecule has 0 saturated carbocycles. The molecule has 0 atom stereocenters. The lowest BCUT2D eigenvalue weighted by Gasteiger charge is -2.24. The smallest absolute Gasteiger partial charge is 0.349 e. The number of thiophene rings is 1. The second-order valence-electron chi connectivity index (χ2n) is 4.85. The summed E-state index contributed by atoms with van der Waals surface area (Å²) in [7, 11) is -2.43. The van der Waals surface area contributed by atoms with Crippen molar-refractivity contribution in [2.24, 2.45) is 0 Å². The average Bonchev–Trinajstić information content (AvgIpc) is 2.95. The first-order chi connectivity index (χ1) is 12.2. The second kappa shape index (κ2) is 10.0. The lowest BCUT2D eigenvalue weighted by Crippen LogP contribution is -2.13. The van der Waals surface area contributed by atoms with Crippen LogP contribution < -0.4 is 0 Å². The number of alkyl halides is 2. The molecule has 0 fully saturated rings. The Bertz CT molecular complexity index is 761. The monoisotopic (exact) mass is 470 g/mol. The minimum atomic E-state index is -3.31. The number of hydrogen-bond acceptors (Lipinski definition) is 4. The van der Waals surface area contributed by atoms with Crippen LogP contribution in [0, 0.1) is 6.92 Å². The first-order valence-electron chi connectivity index (χ1n) is 8.14. The number of hydrogen-bond donors (Lipinski definition) is 1. The van der Waals surface area contributed by atoms with Crippen molar-refractivity contribution in [2.75, 3.05) is 13.2 Å². The summed E-state index contributed by atoms with van der Waals surface area (Å²) in [6, 6.07) is 2.87. The maximum absolute atomic E-state index is 14.9. The molecule has 2 aromatic rings. The van der Waals surface area contributed by atoms with Gasteiger partial charge in [0.1, 0.15) is 0 Å². The Morgan fingerprint density at radius 3 is 2.27 bits per heavy atom. The Kier molecular flexibility index (Phi) is 9.03. The molecule has 4 nitrogen and oxygen atoms in total. The first-order valence-corrected chi connectivity index (χ1v) is 10.9. The maximum atomic E-state index is 14.9. The van der Waals surface area contributed by atoms with Crippen LogP contribution in [0.3, 0.4) is 0 Å². The molecule has 2 rings (SSSR count). The summed E-state index contributed by atoms with van der Waals surface area (Å²) in [6.45, 7) is 9.20. The Morgan fingerprint density at radius 1 is 1.27 bits per heavy atom. The van der Waals surface area contributed by atoms with Crippen LogP contribution >= 0.6 is 35.6 Å². The molecule has 1 N–H and O–H groups in total. The van der Waals surface area contributed by atoms with Crippen LogP contribution in [-0.2, 0) is 14.7 Å². The standard InChI is InChI=1S/C15H16BrF2O4PS.C2H6/c1-4-21-23(22-5-2)15(17,18)13-11(16)10-7-9(14(19)20)6-8(3)12(10)24-13;1-2/h6-7H,4-5H2,1-3H3,(H,19,20);1-2H3. The van der Waals surface area contributed by atoms with E-state index in [1.54, 1.807) is 20.8 Å². The Labute approximate surface area is 165 Å². The van der Waals surface area contributed by atoms with Crippen LogP contribution in [0.4, 0.5) is 8.78 Å². The number of aromatic carboxylic acids is 1. The zero-order valence-corrected chi connectivity index (χ0v) is 18.5. The minimum absolute atomic E-state index is 0.0604. The molecule has 0 aliphatic rings. The van der Waals surface area contributed by atoms with Crippen LogP contribution in [0.15, 0.2) is 16.6 Å². The summed E-state index contributed by atoms with van der Waals surface area (Å²) < 4.78 is 40.9. The van der Waals surface area contributed by atoms with Gasteiger partial charge in [-0.3, -0.25) is 0 Å². The highest BCUT2D eigenvalue weighted by Crippen LogP contribution is 2.63. The van der Waals surface area contributed by atoms with E-state index in [9.17, 15) is 13.6 Å². The van der Waals surface area contributed by atoms with Gasteiger partial charge in [-0.05, 0) is 54.4 Å². The molecule has 0 aliphatic carbocycles. The number of benzene rings is 1. The lowest BCUT2D eigenvalue weighted by molar-refractivity contribution is 0.0600. The largest absolute Gasteiger partial charge is 0.478 e. The van der Waals surface area contributed by atoms with Gasteiger partial charge in [-0.1, -0.05) is 13.8 Å². The molecule has 1 heterocycles. The molecular weight excluding hydrogens is 449 g/mol. The van der Waals surface area contributed by atoms with E-state index < -0.39 is 20.0 Å². The Balaban J connectivity index is 0.00000163. The van der Waals surface area contributed by atoms with Gasteiger partial charge in [0.2, 0.25) is 0 Å². The zero-order valence-electron chi connectivity index (χ0n) is 15.2. The number of carbonyl (C=O) groups is 1. The van der Waals surface area contributed by atoms with Gasteiger partial charge in [0, 0.05) is 14.6 Å². The highest BCUT2D eigenvalue weighted by atomic mass is 79.9. The molecule has 0 bridgehead atoms. The number of halogens is 3. The van der Waals surface area contributed by atoms with Crippen molar-refractivity contribution in [1.82, 2.24) is 0 Å². The molecule has 1 aromatic heterocycles. The van der Waals surface area contributed by atoms with Crippen molar-refractivity contribution in [3.05, 3.63) is 32.6 Å². The van der Waals surface area contributed by atoms with Crippen molar-refractivity contribution in [3.8, 4) is 0 Å². The summed E-state index contributed by atoms with van der Waals surface area (Å²) >= 11 is 4.14. The molecule has 0 spiro atoms. The molecule has 0 aliphatic heterocycles. The quantitative estimate of drug-likeness (QED) is 0.437. The predicted molar refractivity (Wildman–Crippen MR) is 107 cm³/mol. The maximum Gasteiger partial charge on any atom is 0.349 e. The topological polar surface area (TPSA) is 55.8 Å². The van der Waals surface area contributed by atoms with Crippen molar-refractivity contribution in [1.29, 1.82) is 0 Å². The molecule has 146 valence electrons. The molecule has 0 amide bonds. The number of carboxylic acid groups (broad SMARTS) is 1. The van der Waals surface area contributed by atoms with E-state index in [2.05, 4.69) is 15.9 Å². The van der Waals surface area contributed by atoms with E-state index >= 15 is 0 Å². The van der Waals surface area contributed by atoms with E-state index in [1.165, 1.54) is 12.1 Å². The van der Waals surface area contributed by atoms with Crippen molar-refractivity contribution in [3.63, 3.8) is 0 Å². The third-order valence-electron chi connectivity index (χ3n) is 3.16. The summed E-state index contributed by atoms with van der Waals surface area (Å²) in [5.74, 6) is -1.10. The molecule has 9 heteroatoms. The number of carboxylic acids is 1. The fourth-order valence-electron chi connectivity index (χ4n) is 2.18. The van der Waals surface area contributed by atoms with Gasteiger partial charge in [-0.2, -0.15) is 8.78 Å². The van der Waals surface area contributed by atoms with Gasteiger partial charge >= 0.3 is 11.6 Å². The number of fused-ring (bicyclic) bond motifs is 1. The second-order valence-corrected chi connectivity index (χ2v) is 8.26. The highest BCUT2D eigenvalue weighted by molar-refractivity contribution is 9.10. The van der Waals surface area contributed by atoms with Crippen molar-refractivity contribution >= 4 is 51.7 Å². The molecule has 1 aromatic carbocycles. The van der Waals surface area contributed by atoms with Gasteiger partial charge < -0.3 is 14.2 Å². The normalized spacial score (nSPS) is 11.6. The minimum Gasteiger partial charge on any atom is -0.478 e. The van der Waals surface area contributed by atoms with Gasteiger partial charge in [0.15, 0.2) is 0 Å². The fourth-order valence-corrected chi connectivity index (χ4v) is 5.79. The van der Waals surface area contributed by atoms with Crippen LogP contribution in [-0.4, -0.2) is 24.3 Å². The van der Waals surface area contributed by atoms with Gasteiger partial charge in [-0.15, -0.1) is 11.3 Å². The van der Waals surface area contributed by atoms with E-state index in [-0.39, 0.29) is 28.1 Å². The Hall–Kier alpha value is -0.660. The van der Waals surface area contributed by atoms with Crippen LogP contribution in [0.1, 0.15) is 48.5 Å². The van der Waals surface area contributed by atoms with Crippen LogP contribution in [0.2, 0.25) is 0 Å². The predicted octanol–water partition coefficient (Wildman–Crippen LogP) is 7.13. The summed E-state index contributed by atoms with van der Waals surface area (Å²) in [5.41, 5.74) is -2.61. The van der Waals surface area contributed by atoms with Crippen molar-refractivity contribution in [2.45, 2.75) is 40.3 Å². The summed E-state index contributed by atoms with van der Waals surface area (Å²) in [6.07, 6.45) is 0. The van der Waals surface area contributed by atoms with E-state index in [4.69, 9.17) is 14.2 Å². The average molecular weight is 471 g/mol. The van der Waals surface area contributed by atoms with Gasteiger partial charge in [0.25, 0.3) is 8.38 Å². The molecular formula is C17H22BrF2O4PS. The van der Waals surface area contributed by atoms with E-state index in [0.717, 1.165) is 11.3 Å². The fraction of sp³-hybridized carbons (Fsp3) is 0.471. The van der Waals surface area contributed by atoms with Gasteiger partial charge in [0.05, 0.1) is 23.7 Å². The van der Waals surface area contributed by atoms with Gasteiger partial charge in [-0.25, -0.2) is 4.79 Å². The number of aryl methyl sites for hydroxylation is 1. The highest BCUT2D eigenvalue weighted by Gasteiger charge is 2.48. The van der Waals surface area contributed by atoms with E-state index in [1.807, 2.05) is 13.8 Å². The molecule has 0 saturated heterocycles. The lowest BCUT2D eigenvalue weighted by atomic mass is 10.1. The SMILES string of the molecule is CC.CCOP(OCC)C(F)(F)c1sc2c(C)cc(C(=O)O)cc2c1Br. The number of rotatable bonds is 7. The van der Waals surface area contributed by atoms with E-state index in [0.29, 0.717) is 15.6 Å². The first kappa shape index (κ1) is 23.4. The molecule has 0 radical (unpaired) electrons. The zero-order chi connectivity index (χ0) is 20.1. The van der Waals surface area contributed by atoms with Crippen LogP contribution in [0.5, 0.6) is 0 Å².